The summed E-state index contributed by atoms with van der Waals surface area (Å²) < 4.78 is 11.1. The minimum atomic E-state index is 0.396. The van der Waals surface area contributed by atoms with Crippen LogP contribution in [0.1, 0.15) is 38.2 Å². The Hall–Kier alpha value is -1.22. The van der Waals surface area contributed by atoms with Gasteiger partial charge in [-0.2, -0.15) is 0 Å². The van der Waals surface area contributed by atoms with Crippen LogP contribution in [0.4, 0.5) is 0 Å². The van der Waals surface area contributed by atoms with Gasteiger partial charge in [0.1, 0.15) is 13.2 Å². The summed E-state index contributed by atoms with van der Waals surface area (Å²) in [6, 6.07) is 6.25. The first kappa shape index (κ1) is 11.8. The third kappa shape index (κ3) is 2.19. The van der Waals surface area contributed by atoms with Crippen LogP contribution in [0.3, 0.4) is 0 Å². The minimum absolute atomic E-state index is 0.396. The van der Waals surface area contributed by atoms with Gasteiger partial charge >= 0.3 is 0 Å². The van der Waals surface area contributed by atoms with Gasteiger partial charge in [-0.1, -0.05) is 13.0 Å². The Morgan fingerprint density at radius 3 is 2.61 bits per heavy atom. The van der Waals surface area contributed by atoms with Crippen molar-refractivity contribution >= 4 is 0 Å². The second-order valence-electron chi connectivity index (χ2n) is 5.32. The molecule has 1 aromatic rings. The predicted molar refractivity (Wildman–Crippen MR) is 71.1 cm³/mol. The van der Waals surface area contributed by atoms with E-state index in [0.29, 0.717) is 18.8 Å². The Kier molecular flexibility index (Phi) is 3.16. The molecule has 0 saturated heterocycles. The summed E-state index contributed by atoms with van der Waals surface area (Å²) in [5, 5.41) is 3.71. The average Bonchev–Trinajstić information content (AvgIpc) is 2.38. The van der Waals surface area contributed by atoms with E-state index < -0.39 is 0 Å². The summed E-state index contributed by atoms with van der Waals surface area (Å²) in [6.45, 7) is 4.51. The van der Waals surface area contributed by atoms with Crippen molar-refractivity contribution in [1.29, 1.82) is 0 Å². The first-order valence-electron chi connectivity index (χ1n) is 6.95. The normalized spacial score (nSPS) is 20.3. The maximum Gasteiger partial charge on any atom is 0.161 e. The summed E-state index contributed by atoms with van der Waals surface area (Å²) in [6.07, 6.45) is 5.21. The maximum atomic E-state index is 5.61. The number of ether oxygens (including phenoxy) is 2. The molecular weight excluding hydrogens is 226 g/mol. The lowest BCUT2D eigenvalue weighted by atomic mass is 9.75. The van der Waals surface area contributed by atoms with Gasteiger partial charge in [-0.05, 0) is 43.4 Å². The molecular formula is C15H21NO2. The third-order valence-corrected chi connectivity index (χ3v) is 4.26. The molecule has 0 atom stereocenters. The van der Waals surface area contributed by atoms with Crippen LogP contribution in [0, 0.1) is 0 Å². The van der Waals surface area contributed by atoms with Gasteiger partial charge in [0, 0.05) is 12.1 Å². The molecule has 3 rings (SSSR count). The van der Waals surface area contributed by atoms with Crippen LogP contribution in [0.15, 0.2) is 18.2 Å². The lowest BCUT2D eigenvalue weighted by molar-refractivity contribution is 0.169. The van der Waals surface area contributed by atoms with E-state index in [4.69, 9.17) is 9.47 Å². The van der Waals surface area contributed by atoms with Crippen LogP contribution in [-0.4, -0.2) is 18.8 Å². The average molecular weight is 247 g/mol. The number of nitrogens with one attached hydrogen (secondary N) is 1. The van der Waals surface area contributed by atoms with Crippen molar-refractivity contribution in [3.05, 3.63) is 23.8 Å². The van der Waals surface area contributed by atoms with Crippen molar-refractivity contribution < 1.29 is 9.47 Å². The van der Waals surface area contributed by atoms with Gasteiger partial charge in [-0.25, -0.2) is 0 Å². The van der Waals surface area contributed by atoms with E-state index in [0.717, 1.165) is 18.0 Å². The number of benzene rings is 1. The molecule has 0 radical (unpaired) electrons. The molecule has 3 nitrogen and oxygen atoms in total. The molecule has 98 valence electrons. The molecule has 1 N–H and O–H groups in total. The van der Waals surface area contributed by atoms with Gasteiger partial charge in [0.15, 0.2) is 11.5 Å². The van der Waals surface area contributed by atoms with Gasteiger partial charge in [-0.15, -0.1) is 0 Å². The summed E-state index contributed by atoms with van der Waals surface area (Å²) in [4.78, 5) is 0. The van der Waals surface area contributed by atoms with Crippen molar-refractivity contribution in [2.45, 2.75) is 44.7 Å². The van der Waals surface area contributed by atoms with Crippen molar-refractivity contribution in [3.63, 3.8) is 0 Å². The smallest absolute Gasteiger partial charge is 0.161 e. The SMILES string of the molecule is CCC1(NCc2ccc3c(c2)OCCO3)CCC1. The highest BCUT2D eigenvalue weighted by Crippen LogP contribution is 2.35. The molecule has 3 heteroatoms. The summed E-state index contributed by atoms with van der Waals surface area (Å²) in [7, 11) is 0. The van der Waals surface area contributed by atoms with E-state index in [-0.39, 0.29) is 0 Å². The molecule has 1 heterocycles. The quantitative estimate of drug-likeness (QED) is 0.887. The van der Waals surface area contributed by atoms with Crippen LogP contribution in [0.25, 0.3) is 0 Å². The Morgan fingerprint density at radius 2 is 1.94 bits per heavy atom. The maximum absolute atomic E-state index is 5.61. The largest absolute Gasteiger partial charge is 0.486 e. The first-order chi connectivity index (χ1) is 8.81. The molecule has 1 aliphatic heterocycles. The predicted octanol–water partition coefficient (Wildman–Crippen LogP) is 2.88. The van der Waals surface area contributed by atoms with Gasteiger partial charge < -0.3 is 14.8 Å². The third-order valence-electron chi connectivity index (χ3n) is 4.26. The Bertz CT molecular complexity index is 421. The number of fused-ring (bicyclic) bond motifs is 1. The molecule has 1 aliphatic carbocycles. The van der Waals surface area contributed by atoms with Crippen molar-refractivity contribution in [1.82, 2.24) is 5.32 Å². The zero-order valence-corrected chi connectivity index (χ0v) is 11.0. The van der Waals surface area contributed by atoms with Gasteiger partial charge in [0.2, 0.25) is 0 Å². The minimum Gasteiger partial charge on any atom is -0.486 e. The van der Waals surface area contributed by atoms with Crippen LogP contribution in [-0.2, 0) is 6.54 Å². The van der Waals surface area contributed by atoms with E-state index in [2.05, 4.69) is 24.4 Å². The summed E-state index contributed by atoms with van der Waals surface area (Å²) in [5.74, 6) is 1.76. The fraction of sp³-hybridized carbons (Fsp3) is 0.600. The van der Waals surface area contributed by atoms with E-state index in [1.807, 2.05) is 6.07 Å². The second kappa shape index (κ2) is 4.81. The highest BCUT2D eigenvalue weighted by molar-refractivity contribution is 5.43. The zero-order valence-electron chi connectivity index (χ0n) is 11.0. The molecule has 0 unspecified atom stereocenters. The van der Waals surface area contributed by atoms with Gasteiger partial charge in [0.05, 0.1) is 0 Å². The van der Waals surface area contributed by atoms with Gasteiger partial charge in [-0.3, -0.25) is 0 Å². The van der Waals surface area contributed by atoms with Crippen LogP contribution >= 0.6 is 0 Å². The number of rotatable bonds is 4. The van der Waals surface area contributed by atoms with Crippen molar-refractivity contribution in [3.8, 4) is 11.5 Å². The molecule has 0 spiro atoms. The molecule has 1 aromatic carbocycles. The molecule has 0 amide bonds. The number of hydrogen-bond acceptors (Lipinski definition) is 3. The van der Waals surface area contributed by atoms with Crippen molar-refractivity contribution in [2.75, 3.05) is 13.2 Å². The Balaban J connectivity index is 1.66. The summed E-state index contributed by atoms with van der Waals surface area (Å²) in [5.41, 5.74) is 1.67. The van der Waals surface area contributed by atoms with Crippen LogP contribution in [0.2, 0.25) is 0 Å². The topological polar surface area (TPSA) is 30.5 Å². The second-order valence-corrected chi connectivity index (χ2v) is 5.32. The molecule has 1 saturated carbocycles. The van der Waals surface area contributed by atoms with Crippen molar-refractivity contribution in [2.24, 2.45) is 0 Å². The summed E-state index contributed by atoms with van der Waals surface area (Å²) >= 11 is 0. The Labute approximate surface area is 108 Å². The standard InChI is InChI=1S/C15H21NO2/c1-2-15(6-3-7-15)16-11-12-4-5-13-14(10-12)18-9-8-17-13/h4-5,10,16H,2-3,6-9,11H2,1H3. The first-order valence-corrected chi connectivity index (χ1v) is 6.95. The highest BCUT2D eigenvalue weighted by atomic mass is 16.6. The van der Waals surface area contributed by atoms with Crippen LogP contribution < -0.4 is 14.8 Å². The molecule has 18 heavy (non-hydrogen) atoms. The zero-order chi connectivity index (χ0) is 12.4. The van der Waals surface area contributed by atoms with E-state index in [9.17, 15) is 0 Å². The fourth-order valence-corrected chi connectivity index (χ4v) is 2.75. The fourth-order valence-electron chi connectivity index (χ4n) is 2.75. The van der Waals surface area contributed by atoms with Crippen LogP contribution in [0.5, 0.6) is 11.5 Å². The highest BCUT2D eigenvalue weighted by Gasteiger charge is 2.34. The molecule has 0 aromatic heterocycles. The molecule has 2 aliphatic rings. The number of hydrogen-bond donors (Lipinski definition) is 1. The van der Waals surface area contributed by atoms with Gasteiger partial charge in [0.25, 0.3) is 0 Å². The molecule has 0 bridgehead atoms. The lowest BCUT2D eigenvalue weighted by Crippen LogP contribution is -2.49. The monoisotopic (exact) mass is 247 g/mol. The van der Waals surface area contributed by atoms with E-state index >= 15 is 0 Å². The van der Waals surface area contributed by atoms with E-state index in [1.54, 1.807) is 0 Å². The Morgan fingerprint density at radius 1 is 1.17 bits per heavy atom. The lowest BCUT2D eigenvalue weighted by Gasteiger charge is -2.42. The molecule has 1 fully saturated rings. The van der Waals surface area contributed by atoms with E-state index in [1.165, 1.54) is 31.2 Å².